The Morgan fingerprint density at radius 2 is 1.61 bits per heavy atom. The van der Waals surface area contributed by atoms with Crippen molar-refractivity contribution in [3.05, 3.63) is 78.1 Å². The van der Waals surface area contributed by atoms with E-state index in [1.54, 1.807) is 0 Å². The van der Waals surface area contributed by atoms with E-state index in [1.807, 2.05) is 30.6 Å². The maximum absolute atomic E-state index is 12.6. The smallest absolute Gasteiger partial charge is 0.225 e. The number of piperidine rings is 1. The largest absolute Gasteiger partial charge is 0.352 e. The summed E-state index contributed by atoms with van der Waals surface area (Å²) in [4.78, 5) is 23.9. The summed E-state index contributed by atoms with van der Waals surface area (Å²) >= 11 is 0. The minimum absolute atomic E-state index is 0.0507. The Bertz CT molecular complexity index is 976. The van der Waals surface area contributed by atoms with E-state index < -0.39 is 0 Å². The van der Waals surface area contributed by atoms with Crippen LogP contribution in [-0.2, 0) is 11.3 Å². The lowest BCUT2D eigenvalue weighted by molar-refractivity contribution is -0.125. The van der Waals surface area contributed by atoms with E-state index >= 15 is 0 Å². The Balaban J connectivity index is 1.26. The van der Waals surface area contributed by atoms with E-state index in [2.05, 4.69) is 70.4 Å². The number of benzene rings is 2. The van der Waals surface area contributed by atoms with Crippen molar-refractivity contribution in [1.82, 2.24) is 15.3 Å². The summed E-state index contributed by atoms with van der Waals surface area (Å²) in [5.74, 6) is 1.46. The summed E-state index contributed by atoms with van der Waals surface area (Å²) in [5.41, 5.74) is 4.59. The molecule has 2 heterocycles. The quantitative estimate of drug-likeness (QED) is 0.629. The first-order valence-electron chi connectivity index (χ1n) is 11.1. The molecule has 0 spiro atoms. The zero-order valence-corrected chi connectivity index (χ0v) is 18.3. The molecule has 1 aliphatic rings. The molecule has 0 unspecified atom stereocenters. The first kappa shape index (κ1) is 21.0. The van der Waals surface area contributed by atoms with Gasteiger partial charge in [-0.05, 0) is 35.4 Å². The number of carbonyl (C=O) groups is 1. The van der Waals surface area contributed by atoms with Gasteiger partial charge in [0.15, 0.2) is 0 Å². The lowest BCUT2D eigenvalue weighted by Gasteiger charge is -2.31. The zero-order chi connectivity index (χ0) is 21.6. The van der Waals surface area contributed by atoms with Crippen molar-refractivity contribution in [2.75, 3.05) is 18.0 Å². The van der Waals surface area contributed by atoms with Crippen LogP contribution in [0.3, 0.4) is 0 Å². The minimum Gasteiger partial charge on any atom is -0.352 e. The fourth-order valence-electron chi connectivity index (χ4n) is 3.96. The molecule has 1 aromatic heterocycles. The Morgan fingerprint density at radius 1 is 0.968 bits per heavy atom. The Hall–Kier alpha value is -3.21. The van der Waals surface area contributed by atoms with Crippen molar-refractivity contribution in [3.8, 4) is 11.1 Å². The highest BCUT2D eigenvalue weighted by Crippen LogP contribution is 2.23. The van der Waals surface area contributed by atoms with Crippen LogP contribution in [0.2, 0.25) is 0 Å². The highest BCUT2D eigenvalue weighted by Gasteiger charge is 2.26. The summed E-state index contributed by atoms with van der Waals surface area (Å²) in [7, 11) is 0. The van der Waals surface area contributed by atoms with Gasteiger partial charge in [-0.15, -0.1) is 0 Å². The van der Waals surface area contributed by atoms with Gasteiger partial charge < -0.3 is 10.2 Å². The average Bonchev–Trinajstić information content (AvgIpc) is 2.83. The number of nitrogens with zero attached hydrogens (tertiary/aromatic N) is 3. The van der Waals surface area contributed by atoms with E-state index in [1.165, 1.54) is 5.56 Å². The van der Waals surface area contributed by atoms with Gasteiger partial charge in [-0.2, -0.15) is 0 Å². The van der Waals surface area contributed by atoms with Crippen LogP contribution in [0.1, 0.15) is 43.7 Å². The maximum Gasteiger partial charge on any atom is 0.225 e. The third-order valence-electron chi connectivity index (χ3n) is 6.01. The third kappa shape index (κ3) is 5.29. The van der Waals surface area contributed by atoms with E-state index in [9.17, 15) is 4.79 Å². The van der Waals surface area contributed by atoms with Crippen LogP contribution in [0, 0.1) is 5.92 Å². The van der Waals surface area contributed by atoms with E-state index in [-0.39, 0.29) is 11.8 Å². The fourth-order valence-corrected chi connectivity index (χ4v) is 3.96. The molecule has 4 rings (SSSR count). The zero-order valence-electron chi connectivity index (χ0n) is 18.3. The number of amides is 1. The fraction of sp³-hybridized carbons (Fsp3) is 0.346. The van der Waals surface area contributed by atoms with Crippen LogP contribution in [0.5, 0.6) is 0 Å². The van der Waals surface area contributed by atoms with E-state index in [0.717, 1.165) is 48.6 Å². The van der Waals surface area contributed by atoms with Crippen molar-refractivity contribution >= 4 is 11.9 Å². The highest BCUT2D eigenvalue weighted by molar-refractivity contribution is 5.79. The second kappa shape index (κ2) is 9.73. The van der Waals surface area contributed by atoms with Crippen LogP contribution >= 0.6 is 0 Å². The van der Waals surface area contributed by atoms with Crippen LogP contribution in [0.15, 0.2) is 67.0 Å². The summed E-state index contributed by atoms with van der Waals surface area (Å²) < 4.78 is 0. The maximum atomic E-state index is 12.6. The van der Waals surface area contributed by atoms with Crippen molar-refractivity contribution in [2.24, 2.45) is 5.92 Å². The standard InChI is InChI=1S/C26H30N4O/c1-19(2)21-10-8-20(9-11-21)16-27-25(31)23-12-14-30(15-13-23)26-28-17-24(18-29-26)22-6-4-3-5-7-22/h3-11,17-19,23H,12-16H2,1-2H3,(H,27,31). The van der Waals surface area contributed by atoms with Crippen LogP contribution in [0.4, 0.5) is 5.95 Å². The van der Waals surface area contributed by atoms with E-state index in [4.69, 9.17) is 0 Å². The average molecular weight is 415 g/mol. The molecule has 2 aromatic carbocycles. The van der Waals surface area contributed by atoms with Crippen molar-refractivity contribution < 1.29 is 4.79 Å². The predicted octanol–water partition coefficient (Wildman–Crippen LogP) is 4.80. The van der Waals surface area contributed by atoms with Gasteiger partial charge in [0, 0.05) is 43.5 Å². The molecule has 0 saturated carbocycles. The summed E-state index contributed by atoms with van der Waals surface area (Å²) in [6.45, 7) is 6.55. The summed E-state index contributed by atoms with van der Waals surface area (Å²) in [5, 5.41) is 3.11. The van der Waals surface area contributed by atoms with Crippen molar-refractivity contribution in [1.29, 1.82) is 0 Å². The van der Waals surface area contributed by atoms with Gasteiger partial charge in [-0.3, -0.25) is 4.79 Å². The van der Waals surface area contributed by atoms with Crippen LogP contribution in [0.25, 0.3) is 11.1 Å². The first-order chi connectivity index (χ1) is 15.1. The number of carbonyl (C=O) groups excluding carboxylic acids is 1. The normalized spacial score (nSPS) is 14.6. The van der Waals surface area contributed by atoms with Gasteiger partial charge in [-0.25, -0.2) is 9.97 Å². The summed E-state index contributed by atoms with van der Waals surface area (Å²) in [6, 6.07) is 18.6. The van der Waals surface area contributed by atoms with Crippen LogP contribution in [-0.4, -0.2) is 29.0 Å². The molecule has 0 radical (unpaired) electrons. The Labute approximate surface area is 184 Å². The molecule has 1 aliphatic heterocycles. The van der Waals surface area contributed by atoms with Gasteiger partial charge in [-0.1, -0.05) is 68.4 Å². The molecule has 0 bridgehead atoms. The number of aromatic nitrogens is 2. The van der Waals surface area contributed by atoms with Gasteiger partial charge in [0.2, 0.25) is 11.9 Å². The first-order valence-corrected chi connectivity index (χ1v) is 11.1. The molecule has 1 N–H and O–H groups in total. The monoisotopic (exact) mass is 414 g/mol. The molecular formula is C26H30N4O. The van der Waals surface area contributed by atoms with Crippen molar-refractivity contribution in [2.45, 2.75) is 39.2 Å². The minimum atomic E-state index is 0.0507. The second-order valence-electron chi connectivity index (χ2n) is 8.51. The molecule has 3 aromatic rings. The van der Waals surface area contributed by atoms with Gasteiger partial charge in [0.05, 0.1) is 0 Å². The predicted molar refractivity (Wildman–Crippen MR) is 125 cm³/mol. The Kier molecular flexibility index (Phi) is 6.60. The van der Waals surface area contributed by atoms with Gasteiger partial charge in [0.25, 0.3) is 0 Å². The molecule has 0 atom stereocenters. The lowest BCUT2D eigenvalue weighted by atomic mass is 9.96. The molecule has 160 valence electrons. The van der Waals surface area contributed by atoms with Gasteiger partial charge in [0.1, 0.15) is 0 Å². The van der Waals surface area contributed by atoms with Gasteiger partial charge >= 0.3 is 0 Å². The molecule has 5 nitrogen and oxygen atoms in total. The highest BCUT2D eigenvalue weighted by atomic mass is 16.1. The molecule has 1 saturated heterocycles. The Morgan fingerprint density at radius 3 is 2.23 bits per heavy atom. The third-order valence-corrected chi connectivity index (χ3v) is 6.01. The molecule has 0 aliphatic carbocycles. The van der Waals surface area contributed by atoms with Crippen molar-refractivity contribution in [3.63, 3.8) is 0 Å². The summed E-state index contributed by atoms with van der Waals surface area (Å²) in [6.07, 6.45) is 5.39. The second-order valence-corrected chi connectivity index (χ2v) is 8.51. The SMILES string of the molecule is CC(C)c1ccc(CNC(=O)C2CCN(c3ncc(-c4ccccc4)cn3)CC2)cc1. The lowest BCUT2D eigenvalue weighted by Crippen LogP contribution is -2.41. The molecular weight excluding hydrogens is 384 g/mol. The number of hydrogen-bond donors (Lipinski definition) is 1. The number of hydrogen-bond acceptors (Lipinski definition) is 4. The molecule has 1 fully saturated rings. The number of nitrogens with one attached hydrogen (secondary N) is 1. The number of rotatable bonds is 6. The topological polar surface area (TPSA) is 58.1 Å². The molecule has 31 heavy (non-hydrogen) atoms. The van der Waals surface area contributed by atoms with Crippen LogP contribution < -0.4 is 10.2 Å². The van der Waals surface area contributed by atoms with E-state index in [0.29, 0.717) is 12.5 Å². The molecule has 5 heteroatoms. The molecule has 1 amide bonds. The number of anilines is 1.